The van der Waals surface area contributed by atoms with E-state index in [1.54, 1.807) is 30.1 Å². The van der Waals surface area contributed by atoms with Gasteiger partial charge in [-0.1, -0.05) is 0 Å². The lowest BCUT2D eigenvalue weighted by molar-refractivity contribution is -0.128. The van der Waals surface area contributed by atoms with Gasteiger partial charge in [0.1, 0.15) is 11.8 Å². The lowest BCUT2D eigenvalue weighted by atomic mass is 10.1. The van der Waals surface area contributed by atoms with E-state index in [-0.39, 0.29) is 11.8 Å². The number of hydrogen-bond donors (Lipinski definition) is 2. The minimum absolute atomic E-state index is 0.0655. The van der Waals surface area contributed by atoms with Crippen molar-refractivity contribution in [3.8, 4) is 5.75 Å². The maximum Gasteiger partial charge on any atom is 0.252 e. The molecule has 1 aliphatic heterocycles. The van der Waals surface area contributed by atoms with Crippen LogP contribution in [0.2, 0.25) is 0 Å². The van der Waals surface area contributed by atoms with E-state index in [4.69, 9.17) is 10.5 Å². The molecule has 1 fully saturated rings. The highest BCUT2D eigenvalue weighted by Crippen LogP contribution is 2.19. The van der Waals surface area contributed by atoms with Crippen LogP contribution in [0.4, 0.5) is 5.69 Å². The Morgan fingerprint density at radius 3 is 2.79 bits per heavy atom. The Labute approximate surface area is 111 Å². The first-order valence-corrected chi connectivity index (χ1v) is 6.01. The zero-order valence-corrected chi connectivity index (χ0v) is 11.0. The number of nitrogens with two attached hydrogens (primary N) is 1. The van der Waals surface area contributed by atoms with Crippen molar-refractivity contribution in [3.63, 3.8) is 0 Å². The minimum Gasteiger partial charge on any atom is -0.497 e. The van der Waals surface area contributed by atoms with Gasteiger partial charge in [-0.25, -0.2) is 0 Å². The summed E-state index contributed by atoms with van der Waals surface area (Å²) < 4.78 is 5.06. The van der Waals surface area contributed by atoms with Gasteiger partial charge >= 0.3 is 0 Å². The number of ether oxygens (including phenoxy) is 1. The summed E-state index contributed by atoms with van der Waals surface area (Å²) in [7, 11) is 3.23. The van der Waals surface area contributed by atoms with E-state index in [1.165, 1.54) is 7.11 Å². The molecule has 1 aliphatic rings. The van der Waals surface area contributed by atoms with Gasteiger partial charge in [-0.2, -0.15) is 0 Å². The molecular formula is C13H17N3O3. The van der Waals surface area contributed by atoms with Crippen LogP contribution in [-0.4, -0.2) is 43.5 Å². The summed E-state index contributed by atoms with van der Waals surface area (Å²) in [4.78, 5) is 25.4. The molecule has 6 heteroatoms. The van der Waals surface area contributed by atoms with E-state index < -0.39 is 6.04 Å². The molecule has 0 spiro atoms. The van der Waals surface area contributed by atoms with Crippen LogP contribution in [0.3, 0.4) is 0 Å². The lowest BCUT2D eigenvalue weighted by Crippen LogP contribution is -2.40. The highest BCUT2D eigenvalue weighted by Gasteiger charge is 2.30. The molecular weight excluding hydrogens is 246 g/mol. The molecule has 1 heterocycles. The summed E-state index contributed by atoms with van der Waals surface area (Å²) in [5.74, 6) is 0.128. The van der Waals surface area contributed by atoms with Gasteiger partial charge < -0.3 is 20.7 Å². The number of nitrogens with one attached hydrogen (secondary N) is 1. The summed E-state index contributed by atoms with van der Waals surface area (Å²) in [5.41, 5.74) is 6.53. The van der Waals surface area contributed by atoms with Crippen LogP contribution in [0.1, 0.15) is 16.8 Å². The number of nitrogen functional groups attached to an aromatic ring is 1. The van der Waals surface area contributed by atoms with E-state index in [2.05, 4.69) is 5.32 Å². The van der Waals surface area contributed by atoms with Gasteiger partial charge in [0.15, 0.2) is 0 Å². The number of carbonyl (C=O) groups excluding carboxylic acids is 2. The number of likely N-dealkylation sites (tertiary alicyclic amines) is 1. The Morgan fingerprint density at radius 2 is 2.21 bits per heavy atom. The first-order chi connectivity index (χ1) is 9.01. The van der Waals surface area contributed by atoms with Gasteiger partial charge in [-0.15, -0.1) is 0 Å². The van der Waals surface area contributed by atoms with Crippen LogP contribution in [0, 0.1) is 0 Å². The van der Waals surface area contributed by atoms with Crippen LogP contribution in [-0.2, 0) is 4.79 Å². The first kappa shape index (κ1) is 13.2. The van der Waals surface area contributed by atoms with E-state index >= 15 is 0 Å². The maximum atomic E-state index is 12.1. The molecule has 1 aromatic carbocycles. The van der Waals surface area contributed by atoms with Crippen molar-refractivity contribution in [1.82, 2.24) is 10.2 Å². The fourth-order valence-corrected chi connectivity index (χ4v) is 2.07. The molecule has 0 aromatic heterocycles. The normalized spacial score (nSPS) is 18.5. The highest BCUT2D eigenvalue weighted by molar-refractivity contribution is 5.98. The molecule has 0 bridgehead atoms. The zero-order chi connectivity index (χ0) is 14.0. The monoisotopic (exact) mass is 263 g/mol. The molecule has 2 amide bonds. The van der Waals surface area contributed by atoms with Crippen molar-refractivity contribution in [1.29, 1.82) is 0 Å². The molecule has 2 rings (SSSR count). The summed E-state index contributed by atoms with van der Waals surface area (Å²) in [5, 5.41) is 2.71. The molecule has 102 valence electrons. The molecule has 3 N–H and O–H groups in total. The van der Waals surface area contributed by atoms with E-state index in [9.17, 15) is 9.59 Å². The van der Waals surface area contributed by atoms with Gasteiger partial charge in [0.05, 0.1) is 7.11 Å². The maximum absolute atomic E-state index is 12.1. The van der Waals surface area contributed by atoms with Gasteiger partial charge in [0, 0.05) is 30.9 Å². The first-order valence-electron chi connectivity index (χ1n) is 6.01. The highest BCUT2D eigenvalue weighted by atomic mass is 16.5. The Hall–Kier alpha value is -2.24. The van der Waals surface area contributed by atoms with E-state index in [0.29, 0.717) is 30.0 Å². The number of amides is 2. The van der Waals surface area contributed by atoms with Crippen molar-refractivity contribution >= 4 is 17.5 Å². The van der Waals surface area contributed by atoms with Gasteiger partial charge in [0.2, 0.25) is 5.91 Å². The second-order valence-corrected chi connectivity index (χ2v) is 4.57. The third kappa shape index (κ3) is 2.78. The SMILES string of the molecule is COc1cc(N)cc(C(=O)NC2CCN(C)C2=O)c1. The largest absolute Gasteiger partial charge is 0.497 e. The number of hydrogen-bond acceptors (Lipinski definition) is 4. The smallest absolute Gasteiger partial charge is 0.252 e. The topological polar surface area (TPSA) is 84.7 Å². The molecule has 0 radical (unpaired) electrons. The van der Waals surface area contributed by atoms with Gasteiger partial charge in [-0.05, 0) is 18.6 Å². The van der Waals surface area contributed by atoms with Gasteiger partial charge in [0.25, 0.3) is 5.91 Å². The fourth-order valence-electron chi connectivity index (χ4n) is 2.07. The molecule has 1 unspecified atom stereocenters. The zero-order valence-electron chi connectivity index (χ0n) is 11.0. The fraction of sp³-hybridized carbons (Fsp3) is 0.385. The van der Waals surface area contributed by atoms with Crippen molar-refractivity contribution < 1.29 is 14.3 Å². The molecule has 6 nitrogen and oxygen atoms in total. The minimum atomic E-state index is -0.454. The number of anilines is 1. The Bertz CT molecular complexity index is 516. The van der Waals surface area contributed by atoms with Crippen LogP contribution in [0.15, 0.2) is 18.2 Å². The van der Waals surface area contributed by atoms with Crippen LogP contribution in [0.5, 0.6) is 5.75 Å². The predicted molar refractivity (Wildman–Crippen MR) is 70.9 cm³/mol. The Balaban J connectivity index is 2.12. The van der Waals surface area contributed by atoms with Crippen LogP contribution in [0.25, 0.3) is 0 Å². The van der Waals surface area contributed by atoms with Crippen molar-refractivity contribution in [3.05, 3.63) is 23.8 Å². The lowest BCUT2D eigenvalue weighted by Gasteiger charge is -2.13. The number of rotatable bonds is 3. The predicted octanol–water partition coefficient (Wildman–Crippen LogP) is 0.238. The number of nitrogens with zero attached hydrogens (tertiary/aromatic N) is 1. The van der Waals surface area contributed by atoms with Crippen molar-refractivity contribution in [2.75, 3.05) is 26.4 Å². The van der Waals surface area contributed by atoms with Crippen LogP contribution < -0.4 is 15.8 Å². The molecule has 1 atom stereocenters. The van der Waals surface area contributed by atoms with Crippen molar-refractivity contribution in [2.45, 2.75) is 12.5 Å². The molecule has 19 heavy (non-hydrogen) atoms. The second kappa shape index (κ2) is 5.17. The Morgan fingerprint density at radius 1 is 1.47 bits per heavy atom. The average Bonchev–Trinajstić information content (AvgIpc) is 2.70. The third-order valence-corrected chi connectivity index (χ3v) is 3.16. The second-order valence-electron chi connectivity index (χ2n) is 4.57. The van der Waals surface area contributed by atoms with Crippen LogP contribution >= 0.6 is 0 Å². The quantitative estimate of drug-likeness (QED) is 0.765. The molecule has 0 saturated carbocycles. The Kier molecular flexibility index (Phi) is 3.59. The summed E-state index contributed by atoms with van der Waals surface area (Å²) in [6.45, 7) is 0.657. The third-order valence-electron chi connectivity index (χ3n) is 3.16. The average molecular weight is 263 g/mol. The summed E-state index contributed by atoms with van der Waals surface area (Å²) in [6.07, 6.45) is 0.626. The van der Waals surface area contributed by atoms with Crippen molar-refractivity contribution in [2.24, 2.45) is 0 Å². The molecule has 1 saturated heterocycles. The number of likely N-dealkylation sites (N-methyl/N-ethyl adjacent to an activating group) is 1. The molecule has 0 aliphatic carbocycles. The summed E-state index contributed by atoms with van der Waals surface area (Å²) >= 11 is 0. The van der Waals surface area contributed by atoms with E-state index in [1.807, 2.05) is 0 Å². The number of carbonyl (C=O) groups is 2. The van der Waals surface area contributed by atoms with Gasteiger partial charge in [-0.3, -0.25) is 9.59 Å². The number of benzene rings is 1. The molecule has 1 aromatic rings. The van der Waals surface area contributed by atoms with E-state index in [0.717, 1.165) is 0 Å². The summed E-state index contributed by atoms with van der Waals surface area (Å²) in [6, 6.07) is 4.33. The standard InChI is InChI=1S/C13H17N3O3/c1-16-4-3-11(13(16)18)15-12(17)8-5-9(14)7-10(6-8)19-2/h5-7,11H,3-4,14H2,1-2H3,(H,15,17). The number of methoxy groups -OCH3 is 1.